The number of imide groups is 1. The van der Waals surface area contributed by atoms with Gasteiger partial charge < -0.3 is 24.3 Å². The van der Waals surface area contributed by atoms with Gasteiger partial charge >= 0.3 is 6.03 Å². The zero-order chi connectivity index (χ0) is 27.1. The molecule has 7 rings (SSSR count). The number of ether oxygens (including phenoxy) is 1. The molecular weight excluding hydrogens is 507 g/mol. The fourth-order valence-corrected chi connectivity index (χ4v) is 6.52. The van der Waals surface area contributed by atoms with Crippen LogP contribution in [0.25, 0.3) is 11.1 Å². The summed E-state index contributed by atoms with van der Waals surface area (Å²) in [4.78, 5) is 49.7. The van der Waals surface area contributed by atoms with Crippen LogP contribution in [-0.2, 0) is 16.9 Å². The highest BCUT2D eigenvalue weighted by atomic mass is 19.1. The molecule has 3 atom stereocenters. The van der Waals surface area contributed by atoms with Crippen molar-refractivity contribution in [1.29, 1.82) is 0 Å². The summed E-state index contributed by atoms with van der Waals surface area (Å²) < 4.78 is 26.0. The van der Waals surface area contributed by atoms with Crippen molar-refractivity contribution in [3.8, 4) is 5.75 Å². The maximum absolute atomic E-state index is 14.9. The van der Waals surface area contributed by atoms with E-state index in [1.54, 1.807) is 12.1 Å². The van der Waals surface area contributed by atoms with E-state index >= 15 is 0 Å². The molecule has 0 saturated carbocycles. The van der Waals surface area contributed by atoms with Gasteiger partial charge in [-0.1, -0.05) is 13.0 Å². The molecular formula is C27H27FN6O5. The van der Waals surface area contributed by atoms with Gasteiger partial charge in [0.05, 0.1) is 19.2 Å². The average Bonchev–Trinajstić information content (AvgIpc) is 3.73. The quantitative estimate of drug-likeness (QED) is 0.461. The normalized spacial score (nSPS) is 26.1. The molecule has 12 heteroatoms. The number of nitrogens with one attached hydrogen (secondary N) is 2. The molecule has 2 aromatic heterocycles. The van der Waals surface area contributed by atoms with Gasteiger partial charge in [-0.05, 0) is 36.7 Å². The van der Waals surface area contributed by atoms with Crippen LogP contribution < -0.4 is 20.3 Å². The second kappa shape index (κ2) is 8.40. The van der Waals surface area contributed by atoms with Gasteiger partial charge in [-0.3, -0.25) is 19.8 Å². The number of nitrogens with zero attached hydrogens (tertiary/aromatic N) is 4. The Kier molecular flexibility index (Phi) is 5.15. The van der Waals surface area contributed by atoms with Crippen molar-refractivity contribution >= 4 is 34.8 Å². The number of carbonyl (C=O) groups excluding carboxylic acids is 3. The monoisotopic (exact) mass is 534 g/mol. The first-order chi connectivity index (χ1) is 18.8. The largest absolute Gasteiger partial charge is 0.494 e. The number of fused-ring (bicyclic) bond motifs is 4. The molecule has 202 valence electrons. The van der Waals surface area contributed by atoms with Crippen LogP contribution in [0.4, 0.5) is 15.0 Å². The second-order valence-electron chi connectivity index (χ2n) is 10.5. The van der Waals surface area contributed by atoms with Crippen molar-refractivity contribution in [3.05, 3.63) is 53.0 Å². The number of furan rings is 1. The Bertz CT molecular complexity index is 1560. The molecule has 3 saturated heterocycles. The third-order valence-corrected chi connectivity index (χ3v) is 8.48. The number of methoxy groups -OCH3 is 1. The summed E-state index contributed by atoms with van der Waals surface area (Å²) in [7, 11) is 1.32. The van der Waals surface area contributed by atoms with E-state index < -0.39 is 29.2 Å². The molecule has 0 radical (unpaired) electrons. The highest BCUT2D eigenvalue weighted by Gasteiger charge is 2.53. The first-order valence-corrected chi connectivity index (χ1v) is 13.0. The minimum Gasteiger partial charge on any atom is -0.494 e. The molecule has 4 amide bonds. The van der Waals surface area contributed by atoms with Crippen LogP contribution in [0.15, 0.2) is 34.7 Å². The van der Waals surface area contributed by atoms with Gasteiger partial charge in [0.1, 0.15) is 17.1 Å². The number of hydrogen-bond acceptors (Lipinski definition) is 8. The lowest BCUT2D eigenvalue weighted by Crippen LogP contribution is -2.52. The number of halogens is 1. The Morgan fingerprint density at radius 1 is 1.18 bits per heavy atom. The molecule has 3 unspecified atom stereocenters. The van der Waals surface area contributed by atoms with E-state index in [1.807, 2.05) is 12.1 Å². The second-order valence-corrected chi connectivity index (χ2v) is 10.5. The van der Waals surface area contributed by atoms with E-state index in [0.29, 0.717) is 28.7 Å². The fraction of sp³-hybridized carbons (Fsp3) is 0.407. The number of likely N-dealkylation sites (tertiary alicyclic amines) is 1. The summed E-state index contributed by atoms with van der Waals surface area (Å²) in [6, 6.07) is 8.64. The first kappa shape index (κ1) is 23.9. The topological polar surface area (TPSA) is 120 Å². The van der Waals surface area contributed by atoms with Crippen LogP contribution in [0.1, 0.15) is 35.0 Å². The number of hydrogen-bond donors (Lipinski definition) is 2. The zero-order valence-corrected chi connectivity index (χ0v) is 21.5. The van der Waals surface area contributed by atoms with Gasteiger partial charge in [0.2, 0.25) is 0 Å². The Hall–Kier alpha value is -4.19. The molecule has 3 fully saturated rings. The predicted molar refractivity (Wildman–Crippen MR) is 137 cm³/mol. The van der Waals surface area contributed by atoms with Crippen LogP contribution in [0.2, 0.25) is 0 Å². The minimum atomic E-state index is -1.70. The van der Waals surface area contributed by atoms with E-state index in [4.69, 9.17) is 14.1 Å². The number of amides is 4. The average molecular weight is 535 g/mol. The van der Waals surface area contributed by atoms with Gasteiger partial charge in [0.15, 0.2) is 22.7 Å². The summed E-state index contributed by atoms with van der Waals surface area (Å²) in [5.41, 5.74) is -0.349. The van der Waals surface area contributed by atoms with Gasteiger partial charge in [-0.15, -0.1) is 0 Å². The molecule has 1 aromatic carbocycles. The summed E-state index contributed by atoms with van der Waals surface area (Å²) in [5.74, 6) is -1.08. The lowest BCUT2D eigenvalue weighted by atomic mass is 9.95. The number of aromatic nitrogens is 1. The summed E-state index contributed by atoms with van der Waals surface area (Å²) in [5, 5.41) is 4.92. The Morgan fingerprint density at radius 2 is 2.03 bits per heavy atom. The van der Waals surface area contributed by atoms with Gasteiger partial charge in [-0.25, -0.2) is 14.2 Å². The van der Waals surface area contributed by atoms with Gasteiger partial charge in [-0.2, -0.15) is 0 Å². The SMILES string of the molecule is CCN1CC2CC1CN2c1ccc2oc(C3(CN4Cc5ccc(OC)c(F)c5C4=O)NC(=O)NC3=O)cc2n1. The number of likely N-dealkylation sites (N-methyl/N-ethyl adjacent to an activating group) is 1. The smallest absolute Gasteiger partial charge is 0.322 e. The standard InChI is InChI=1S/C27H27FN6O5/c1-3-32-11-16-8-15(32)12-34(16)21-7-6-18-17(29-21)9-20(39-18)27(25(36)30-26(37)31-27)13-33-10-14-4-5-19(38-2)23(28)22(14)24(33)35/h4-7,9,15-16H,3,8,10-13H2,1-2H3,(H2,30,31,36,37). The third kappa shape index (κ3) is 3.43. The lowest BCUT2D eigenvalue weighted by Gasteiger charge is -2.34. The molecule has 11 nitrogen and oxygen atoms in total. The summed E-state index contributed by atoms with van der Waals surface area (Å²) >= 11 is 0. The highest BCUT2D eigenvalue weighted by molar-refractivity contribution is 6.08. The van der Waals surface area contributed by atoms with E-state index in [0.717, 1.165) is 31.9 Å². The first-order valence-electron chi connectivity index (χ1n) is 13.0. The zero-order valence-electron chi connectivity index (χ0n) is 21.5. The fourth-order valence-electron chi connectivity index (χ4n) is 6.52. The lowest BCUT2D eigenvalue weighted by molar-refractivity contribution is -0.125. The number of benzene rings is 1. The van der Waals surface area contributed by atoms with Crippen molar-refractivity contribution in [3.63, 3.8) is 0 Å². The van der Waals surface area contributed by atoms with Crippen molar-refractivity contribution in [2.75, 3.05) is 38.2 Å². The minimum absolute atomic E-state index is 0.0432. The van der Waals surface area contributed by atoms with Crippen LogP contribution in [0.3, 0.4) is 0 Å². The predicted octanol–water partition coefficient (Wildman–Crippen LogP) is 1.95. The Balaban J connectivity index is 1.21. The number of anilines is 1. The van der Waals surface area contributed by atoms with Gasteiger partial charge in [0.25, 0.3) is 11.8 Å². The molecule has 2 N–H and O–H groups in total. The molecule has 0 aliphatic carbocycles. The number of pyridine rings is 1. The van der Waals surface area contributed by atoms with Crippen molar-refractivity contribution < 1.29 is 27.9 Å². The van der Waals surface area contributed by atoms with Crippen LogP contribution in [0, 0.1) is 5.82 Å². The Morgan fingerprint density at radius 3 is 2.72 bits per heavy atom. The number of urea groups is 1. The van der Waals surface area contributed by atoms with Gasteiger partial charge in [0, 0.05) is 37.8 Å². The van der Waals surface area contributed by atoms with E-state index in [2.05, 4.69) is 27.4 Å². The molecule has 4 aliphatic rings. The van der Waals surface area contributed by atoms with E-state index in [9.17, 15) is 18.8 Å². The van der Waals surface area contributed by atoms with E-state index in [-0.39, 0.29) is 30.2 Å². The summed E-state index contributed by atoms with van der Waals surface area (Å²) in [6.45, 7) is 4.93. The van der Waals surface area contributed by atoms with Crippen LogP contribution >= 0.6 is 0 Å². The molecule has 2 bridgehead atoms. The number of piperazine rings is 1. The number of rotatable bonds is 6. The maximum Gasteiger partial charge on any atom is 0.322 e. The van der Waals surface area contributed by atoms with Crippen LogP contribution in [-0.4, -0.2) is 78.0 Å². The molecule has 4 aliphatic heterocycles. The van der Waals surface area contributed by atoms with Crippen LogP contribution in [0.5, 0.6) is 5.75 Å². The Labute approximate surface area is 222 Å². The summed E-state index contributed by atoms with van der Waals surface area (Å²) in [6.07, 6.45) is 1.11. The van der Waals surface area contributed by atoms with Crippen molar-refractivity contribution in [1.82, 2.24) is 25.4 Å². The highest BCUT2D eigenvalue weighted by Crippen LogP contribution is 2.38. The number of carbonyl (C=O) groups is 3. The molecule has 0 spiro atoms. The third-order valence-electron chi connectivity index (χ3n) is 8.48. The van der Waals surface area contributed by atoms with Crippen molar-refractivity contribution in [2.45, 2.75) is 37.5 Å². The van der Waals surface area contributed by atoms with E-state index in [1.165, 1.54) is 18.1 Å². The maximum atomic E-state index is 14.9. The van der Waals surface area contributed by atoms with Crippen molar-refractivity contribution in [2.24, 2.45) is 0 Å². The molecule has 39 heavy (non-hydrogen) atoms. The molecule has 6 heterocycles. The molecule has 3 aromatic rings.